The molecule has 4 heteroatoms. The van der Waals surface area contributed by atoms with E-state index in [9.17, 15) is 0 Å². The van der Waals surface area contributed by atoms with Gasteiger partial charge in [0.1, 0.15) is 5.76 Å². The maximum Gasteiger partial charge on any atom is 0.133 e. The number of anilines is 1. The molecule has 0 unspecified atom stereocenters. The van der Waals surface area contributed by atoms with Crippen LogP contribution in [0.4, 0.5) is 5.69 Å². The van der Waals surface area contributed by atoms with E-state index >= 15 is 0 Å². The number of hydrogen-bond donors (Lipinski definition) is 1. The molecule has 16 heavy (non-hydrogen) atoms. The molecule has 2 aromatic rings. The lowest BCUT2D eigenvalue weighted by molar-refractivity contribution is 0.393. The van der Waals surface area contributed by atoms with E-state index in [0.717, 1.165) is 28.5 Å². The number of nitrogens with zero attached hydrogens (tertiary/aromatic N) is 1. The molecule has 0 fully saturated rings. The van der Waals surface area contributed by atoms with Gasteiger partial charge in [0.05, 0.1) is 5.69 Å². The number of benzene rings is 1. The van der Waals surface area contributed by atoms with Gasteiger partial charge in [0.2, 0.25) is 0 Å². The largest absolute Gasteiger partial charge is 0.398 e. The number of nitrogens with two attached hydrogens (primary N) is 1. The molecular formula is C12H14N2OS. The highest BCUT2D eigenvalue weighted by atomic mass is 32.2. The van der Waals surface area contributed by atoms with E-state index in [1.54, 1.807) is 11.8 Å². The predicted molar refractivity (Wildman–Crippen MR) is 66.4 cm³/mol. The third kappa shape index (κ3) is 2.39. The molecule has 0 atom stereocenters. The van der Waals surface area contributed by atoms with E-state index in [1.165, 1.54) is 4.90 Å². The van der Waals surface area contributed by atoms with E-state index in [1.807, 2.05) is 32.0 Å². The van der Waals surface area contributed by atoms with Gasteiger partial charge in [-0.1, -0.05) is 11.2 Å². The average Bonchev–Trinajstić information content (AvgIpc) is 2.67. The van der Waals surface area contributed by atoms with Gasteiger partial charge in [-0.25, -0.2) is 0 Å². The van der Waals surface area contributed by atoms with Crippen LogP contribution in [0.2, 0.25) is 0 Å². The molecule has 0 aliphatic carbocycles. The molecule has 2 rings (SSSR count). The monoisotopic (exact) mass is 234 g/mol. The Morgan fingerprint density at radius 2 is 2.19 bits per heavy atom. The summed E-state index contributed by atoms with van der Waals surface area (Å²) in [6.07, 6.45) is 0. The summed E-state index contributed by atoms with van der Waals surface area (Å²) in [6, 6.07) is 7.91. The highest BCUT2D eigenvalue weighted by Gasteiger charge is 2.05. The van der Waals surface area contributed by atoms with E-state index < -0.39 is 0 Å². The van der Waals surface area contributed by atoms with Crippen LogP contribution in [0, 0.1) is 13.8 Å². The number of aryl methyl sites for hydroxylation is 1. The Kier molecular flexibility index (Phi) is 3.19. The van der Waals surface area contributed by atoms with Crippen LogP contribution in [0.15, 0.2) is 33.7 Å². The summed E-state index contributed by atoms with van der Waals surface area (Å²) in [7, 11) is 0. The third-order valence-electron chi connectivity index (χ3n) is 2.38. The number of hydrogen-bond acceptors (Lipinski definition) is 4. The summed E-state index contributed by atoms with van der Waals surface area (Å²) in [5.74, 6) is 1.65. The van der Waals surface area contributed by atoms with Crippen LogP contribution >= 0.6 is 11.8 Å². The highest BCUT2D eigenvalue weighted by molar-refractivity contribution is 7.98. The van der Waals surface area contributed by atoms with Gasteiger partial charge >= 0.3 is 0 Å². The van der Waals surface area contributed by atoms with Crippen molar-refractivity contribution in [1.29, 1.82) is 0 Å². The van der Waals surface area contributed by atoms with Crippen molar-refractivity contribution >= 4 is 17.4 Å². The second kappa shape index (κ2) is 4.61. The fraction of sp³-hybridized carbons (Fsp3) is 0.250. The van der Waals surface area contributed by atoms with Crippen molar-refractivity contribution < 1.29 is 4.52 Å². The lowest BCUT2D eigenvalue weighted by Crippen LogP contribution is -1.91. The molecule has 2 N–H and O–H groups in total. The first-order chi connectivity index (χ1) is 7.66. The van der Waals surface area contributed by atoms with Crippen LogP contribution < -0.4 is 5.73 Å². The molecule has 1 heterocycles. The third-order valence-corrected chi connectivity index (χ3v) is 3.57. The molecule has 0 bridgehead atoms. The standard InChI is InChI=1S/C12H14N2OS/c1-8-6-10(14-15-8)7-16-12-5-3-4-11(13)9(12)2/h3-6H,7,13H2,1-2H3. The minimum atomic E-state index is 0.807. The first-order valence-corrected chi connectivity index (χ1v) is 6.05. The van der Waals surface area contributed by atoms with Crippen molar-refractivity contribution in [1.82, 2.24) is 5.16 Å². The van der Waals surface area contributed by atoms with Crippen LogP contribution in [-0.4, -0.2) is 5.16 Å². The minimum absolute atomic E-state index is 0.807. The van der Waals surface area contributed by atoms with Crippen molar-refractivity contribution in [3.8, 4) is 0 Å². The highest BCUT2D eigenvalue weighted by Crippen LogP contribution is 2.28. The molecule has 0 spiro atoms. The molecule has 3 nitrogen and oxygen atoms in total. The van der Waals surface area contributed by atoms with Gasteiger partial charge in [0, 0.05) is 22.4 Å². The summed E-state index contributed by atoms with van der Waals surface area (Å²) in [4.78, 5) is 1.20. The number of rotatable bonds is 3. The zero-order chi connectivity index (χ0) is 11.5. The smallest absolute Gasteiger partial charge is 0.133 e. The van der Waals surface area contributed by atoms with Gasteiger partial charge in [-0.05, 0) is 31.5 Å². The zero-order valence-corrected chi connectivity index (χ0v) is 10.2. The van der Waals surface area contributed by atoms with Crippen LogP contribution in [-0.2, 0) is 5.75 Å². The topological polar surface area (TPSA) is 52.0 Å². The summed E-state index contributed by atoms with van der Waals surface area (Å²) < 4.78 is 5.02. The van der Waals surface area contributed by atoms with Crippen molar-refractivity contribution in [3.63, 3.8) is 0 Å². The number of thioether (sulfide) groups is 1. The first-order valence-electron chi connectivity index (χ1n) is 5.07. The van der Waals surface area contributed by atoms with Crippen LogP contribution in [0.5, 0.6) is 0 Å². The Morgan fingerprint density at radius 3 is 2.88 bits per heavy atom. The van der Waals surface area contributed by atoms with Gasteiger partial charge in [0.25, 0.3) is 0 Å². The van der Waals surface area contributed by atoms with Crippen LogP contribution in [0.3, 0.4) is 0 Å². The molecule has 84 valence electrons. The number of nitrogen functional groups attached to an aromatic ring is 1. The minimum Gasteiger partial charge on any atom is -0.398 e. The normalized spacial score (nSPS) is 10.6. The summed E-state index contributed by atoms with van der Waals surface area (Å²) in [5, 5.41) is 3.96. The SMILES string of the molecule is Cc1cc(CSc2cccc(N)c2C)no1. The molecule has 0 amide bonds. The summed E-state index contributed by atoms with van der Waals surface area (Å²) >= 11 is 1.73. The molecular weight excluding hydrogens is 220 g/mol. The van der Waals surface area contributed by atoms with Crippen molar-refractivity contribution in [2.45, 2.75) is 24.5 Å². The van der Waals surface area contributed by atoms with E-state index in [-0.39, 0.29) is 0 Å². The average molecular weight is 234 g/mol. The van der Waals surface area contributed by atoms with E-state index in [4.69, 9.17) is 10.3 Å². The zero-order valence-electron chi connectivity index (χ0n) is 9.36. The molecule has 0 saturated heterocycles. The Morgan fingerprint density at radius 1 is 1.38 bits per heavy atom. The van der Waals surface area contributed by atoms with Gasteiger partial charge in [-0.2, -0.15) is 0 Å². The lowest BCUT2D eigenvalue weighted by atomic mass is 10.2. The lowest BCUT2D eigenvalue weighted by Gasteiger charge is -2.06. The molecule has 1 aromatic heterocycles. The van der Waals surface area contributed by atoms with Crippen LogP contribution in [0.1, 0.15) is 17.0 Å². The van der Waals surface area contributed by atoms with E-state index in [0.29, 0.717) is 0 Å². The Balaban J connectivity index is 2.07. The molecule has 0 saturated carbocycles. The van der Waals surface area contributed by atoms with Crippen LogP contribution in [0.25, 0.3) is 0 Å². The Bertz CT molecular complexity index is 494. The first kappa shape index (κ1) is 11.1. The molecule has 0 aliphatic rings. The van der Waals surface area contributed by atoms with Gasteiger partial charge in [0.15, 0.2) is 0 Å². The Hall–Kier alpha value is -1.42. The maximum absolute atomic E-state index is 5.85. The van der Waals surface area contributed by atoms with Crippen molar-refractivity contribution in [2.75, 3.05) is 5.73 Å². The quantitative estimate of drug-likeness (QED) is 0.654. The predicted octanol–water partition coefficient (Wildman–Crippen LogP) is 3.17. The molecule has 0 aliphatic heterocycles. The van der Waals surface area contributed by atoms with Gasteiger partial charge in [-0.15, -0.1) is 11.8 Å². The second-order valence-electron chi connectivity index (χ2n) is 3.69. The fourth-order valence-corrected chi connectivity index (χ4v) is 2.37. The Labute approximate surface area is 99.0 Å². The summed E-state index contributed by atoms with van der Waals surface area (Å²) in [5.41, 5.74) is 8.78. The number of aromatic nitrogens is 1. The van der Waals surface area contributed by atoms with Crippen molar-refractivity contribution in [3.05, 3.63) is 41.3 Å². The van der Waals surface area contributed by atoms with E-state index in [2.05, 4.69) is 11.2 Å². The second-order valence-corrected chi connectivity index (χ2v) is 4.71. The maximum atomic E-state index is 5.85. The molecule has 1 aromatic carbocycles. The fourth-order valence-electron chi connectivity index (χ4n) is 1.43. The molecule has 0 radical (unpaired) electrons. The van der Waals surface area contributed by atoms with Gasteiger partial charge in [-0.3, -0.25) is 0 Å². The van der Waals surface area contributed by atoms with Crippen molar-refractivity contribution in [2.24, 2.45) is 0 Å². The summed E-state index contributed by atoms with van der Waals surface area (Å²) in [6.45, 7) is 3.93. The van der Waals surface area contributed by atoms with Gasteiger partial charge < -0.3 is 10.3 Å².